The summed E-state index contributed by atoms with van der Waals surface area (Å²) in [4.78, 5) is 2.33. The smallest absolute Gasteiger partial charge is 0.260 e. The molecular formula is C51H50BNO3. The van der Waals surface area contributed by atoms with E-state index in [2.05, 4.69) is 170 Å². The second-order valence-electron chi connectivity index (χ2n) is 19.3. The predicted octanol–water partition coefficient (Wildman–Crippen LogP) is 12.2. The minimum absolute atomic E-state index is 0.0232. The molecule has 4 nitrogen and oxygen atoms in total. The van der Waals surface area contributed by atoms with Crippen LogP contribution in [0.3, 0.4) is 0 Å². The molecule has 0 saturated carbocycles. The topological polar surface area (TPSA) is 34.8 Å². The molecule has 0 saturated heterocycles. The molecule has 5 heteroatoms. The van der Waals surface area contributed by atoms with Crippen LogP contribution >= 0.6 is 0 Å². The number of benzene rings is 6. The quantitative estimate of drug-likeness (QED) is 0.169. The van der Waals surface area contributed by atoms with E-state index in [-0.39, 0.29) is 23.0 Å². The summed E-state index contributed by atoms with van der Waals surface area (Å²) in [6.45, 7) is 20.3. The van der Waals surface area contributed by atoms with Crippen molar-refractivity contribution in [2.24, 2.45) is 0 Å². The van der Waals surface area contributed by atoms with Gasteiger partial charge in [-0.3, -0.25) is 0 Å². The predicted molar refractivity (Wildman–Crippen MR) is 234 cm³/mol. The third-order valence-electron chi connectivity index (χ3n) is 12.4. The van der Waals surface area contributed by atoms with Crippen LogP contribution in [0.4, 0.5) is 17.1 Å². The Morgan fingerprint density at radius 3 is 1.70 bits per heavy atom. The molecular weight excluding hydrogens is 685 g/mol. The summed E-state index contributed by atoms with van der Waals surface area (Å²) in [5.74, 6) is 3.29. The van der Waals surface area contributed by atoms with Crippen LogP contribution in [0, 0.1) is 0 Å². The van der Waals surface area contributed by atoms with Gasteiger partial charge in [-0.1, -0.05) is 123 Å². The summed E-state index contributed by atoms with van der Waals surface area (Å²) in [5.41, 5.74) is 15.0. The fourth-order valence-corrected chi connectivity index (χ4v) is 9.17. The Morgan fingerprint density at radius 1 is 0.500 bits per heavy atom. The van der Waals surface area contributed by atoms with Gasteiger partial charge in [-0.05, 0) is 105 Å². The van der Waals surface area contributed by atoms with E-state index in [1.54, 1.807) is 0 Å². The zero-order valence-corrected chi connectivity index (χ0v) is 34.2. The number of nitrogens with zero attached hydrogens (tertiary/aromatic N) is 1. The highest BCUT2D eigenvalue weighted by Crippen LogP contribution is 2.46. The van der Waals surface area contributed by atoms with Gasteiger partial charge in [0, 0.05) is 39.7 Å². The van der Waals surface area contributed by atoms with Gasteiger partial charge in [0.05, 0.1) is 5.69 Å². The summed E-state index contributed by atoms with van der Waals surface area (Å²) >= 11 is 0. The molecule has 3 aliphatic rings. The minimum Gasteiger partial charge on any atom is -0.458 e. The van der Waals surface area contributed by atoms with Crippen molar-refractivity contribution in [3.63, 3.8) is 0 Å². The van der Waals surface area contributed by atoms with Gasteiger partial charge in [0.25, 0.3) is 6.71 Å². The first-order valence-electron chi connectivity index (χ1n) is 20.3. The first-order chi connectivity index (χ1) is 26.6. The van der Waals surface area contributed by atoms with Crippen LogP contribution in [0.1, 0.15) is 96.6 Å². The Bertz CT molecular complexity index is 2660. The van der Waals surface area contributed by atoms with E-state index in [0.717, 1.165) is 85.8 Å². The number of fused-ring (bicyclic) bond motifs is 10. The van der Waals surface area contributed by atoms with Crippen molar-refractivity contribution in [1.82, 2.24) is 0 Å². The fourth-order valence-electron chi connectivity index (χ4n) is 9.17. The van der Waals surface area contributed by atoms with Crippen LogP contribution in [0.25, 0.3) is 21.9 Å². The van der Waals surface area contributed by atoms with Gasteiger partial charge in [0.1, 0.15) is 22.8 Å². The zero-order chi connectivity index (χ0) is 38.9. The molecule has 0 N–H and O–H groups in total. The lowest BCUT2D eigenvalue weighted by Gasteiger charge is -2.35. The number of aryl methyl sites for hydroxylation is 2. The van der Waals surface area contributed by atoms with Gasteiger partial charge in [-0.15, -0.1) is 0 Å². The Morgan fingerprint density at radius 2 is 1.07 bits per heavy atom. The van der Waals surface area contributed by atoms with E-state index in [9.17, 15) is 0 Å². The molecule has 2 aliphatic heterocycles. The molecule has 1 aromatic heterocycles. The van der Waals surface area contributed by atoms with E-state index in [4.69, 9.17) is 13.9 Å². The van der Waals surface area contributed by atoms with Crippen LogP contribution in [-0.2, 0) is 29.1 Å². The third kappa shape index (κ3) is 5.49. The summed E-state index contributed by atoms with van der Waals surface area (Å²) < 4.78 is 21.1. The first-order valence-corrected chi connectivity index (χ1v) is 20.3. The monoisotopic (exact) mass is 735 g/mol. The lowest BCUT2D eigenvalue weighted by Crippen LogP contribution is -2.57. The first kappa shape index (κ1) is 35.0. The Kier molecular flexibility index (Phi) is 7.53. The molecule has 0 unspecified atom stereocenters. The average molecular weight is 736 g/mol. The third-order valence-corrected chi connectivity index (χ3v) is 12.4. The van der Waals surface area contributed by atoms with Crippen molar-refractivity contribution in [1.29, 1.82) is 0 Å². The van der Waals surface area contributed by atoms with Crippen molar-refractivity contribution >= 4 is 62.1 Å². The summed E-state index contributed by atoms with van der Waals surface area (Å²) in [6, 6.07) is 38.2. The fraction of sp³-hybridized carbons (Fsp3) is 0.294. The number of hydrogen-bond donors (Lipinski definition) is 0. The van der Waals surface area contributed by atoms with E-state index >= 15 is 0 Å². The summed E-state index contributed by atoms with van der Waals surface area (Å²) in [7, 11) is 0. The highest BCUT2D eigenvalue weighted by molar-refractivity contribution is 6.98. The van der Waals surface area contributed by atoms with Crippen LogP contribution in [0.2, 0.25) is 0 Å². The maximum Gasteiger partial charge on any atom is 0.260 e. The zero-order valence-electron chi connectivity index (χ0n) is 34.2. The molecule has 56 heavy (non-hydrogen) atoms. The molecule has 1 aliphatic carbocycles. The number of hydrogen-bond acceptors (Lipinski definition) is 4. The lowest BCUT2D eigenvalue weighted by atomic mass is 9.34. The van der Waals surface area contributed by atoms with Gasteiger partial charge in [-0.25, -0.2) is 0 Å². The Balaban J connectivity index is 1.20. The number of furan rings is 1. The molecule has 0 spiro atoms. The molecule has 280 valence electrons. The Labute approximate surface area is 331 Å². The molecule has 0 atom stereocenters. The normalized spacial score (nSPS) is 14.6. The number of anilines is 3. The second-order valence-corrected chi connectivity index (χ2v) is 19.3. The van der Waals surface area contributed by atoms with Crippen LogP contribution in [0.5, 0.6) is 23.0 Å². The highest BCUT2D eigenvalue weighted by Gasteiger charge is 2.43. The highest BCUT2D eigenvalue weighted by atomic mass is 16.5. The lowest BCUT2D eigenvalue weighted by molar-refractivity contribution is 0.461. The number of rotatable bonds is 3. The standard InChI is InChI=1S/C51H50BNO3/c1-49(2,3)31-14-19-34(20-15-31)53(35-21-16-32(17-22-35)50(4,5)6)36-28-43-45-44(29-36)55-48-40(52(45)41-27-33(51(7,8)9)18-26-42(41)54-43)25-24-39-38-23-13-30-11-10-12-37(30)46(38)56-47(39)48/h13-29H,10-12H2,1-9H3. The van der Waals surface area contributed by atoms with Crippen LogP contribution < -0.4 is 30.8 Å². The summed E-state index contributed by atoms with van der Waals surface area (Å²) in [6.07, 6.45) is 3.33. The van der Waals surface area contributed by atoms with Gasteiger partial charge in [0.2, 0.25) is 0 Å². The van der Waals surface area contributed by atoms with Crippen molar-refractivity contribution in [2.45, 2.75) is 97.8 Å². The largest absolute Gasteiger partial charge is 0.458 e. The molecule has 0 fully saturated rings. The van der Waals surface area contributed by atoms with E-state index < -0.39 is 0 Å². The molecule has 0 amide bonds. The van der Waals surface area contributed by atoms with E-state index in [1.807, 2.05) is 0 Å². The average Bonchev–Trinajstić information content (AvgIpc) is 3.79. The molecule has 0 bridgehead atoms. The second kappa shape index (κ2) is 12.0. The van der Waals surface area contributed by atoms with Crippen LogP contribution in [0.15, 0.2) is 108 Å². The van der Waals surface area contributed by atoms with Crippen molar-refractivity contribution in [3.8, 4) is 23.0 Å². The molecule has 6 aromatic carbocycles. The molecule has 10 rings (SSSR count). The number of ether oxygens (including phenoxy) is 2. The molecule has 0 radical (unpaired) electrons. The molecule has 7 aromatic rings. The van der Waals surface area contributed by atoms with E-state index in [1.165, 1.54) is 39.6 Å². The summed E-state index contributed by atoms with van der Waals surface area (Å²) in [5, 5.41) is 2.27. The minimum atomic E-state index is -0.0854. The van der Waals surface area contributed by atoms with Gasteiger partial charge >= 0.3 is 0 Å². The SMILES string of the molecule is CC(C)(C)c1ccc(N(c2ccc(C(C)(C)C)cc2)c2cc3c4c(c2)Oc2c(ccc5c2oc2c6c(ccc25)CCC6)B4c2cc(C(C)(C)C)ccc2O3)cc1. The van der Waals surface area contributed by atoms with Crippen molar-refractivity contribution in [2.75, 3.05) is 4.90 Å². The van der Waals surface area contributed by atoms with Crippen molar-refractivity contribution in [3.05, 3.63) is 131 Å². The van der Waals surface area contributed by atoms with Gasteiger partial charge in [0.15, 0.2) is 11.3 Å². The van der Waals surface area contributed by atoms with Crippen LogP contribution in [-0.4, -0.2) is 6.71 Å². The maximum absolute atomic E-state index is 7.19. The molecule has 3 heterocycles. The maximum atomic E-state index is 7.19. The van der Waals surface area contributed by atoms with E-state index in [0.29, 0.717) is 0 Å². The Hall–Kier alpha value is -5.42. The van der Waals surface area contributed by atoms with Gasteiger partial charge in [-0.2, -0.15) is 0 Å². The van der Waals surface area contributed by atoms with Crippen molar-refractivity contribution < 1.29 is 13.9 Å². The van der Waals surface area contributed by atoms with Gasteiger partial charge < -0.3 is 18.8 Å².